The van der Waals surface area contributed by atoms with Crippen LogP contribution in [0.2, 0.25) is 0 Å². The van der Waals surface area contributed by atoms with E-state index < -0.39 is 0 Å². The van der Waals surface area contributed by atoms with E-state index in [2.05, 4.69) is 22.4 Å². The predicted octanol–water partition coefficient (Wildman–Crippen LogP) is 5.23. The van der Waals surface area contributed by atoms with Crippen molar-refractivity contribution in [1.29, 1.82) is 5.26 Å². The van der Waals surface area contributed by atoms with Gasteiger partial charge < -0.3 is 5.32 Å². The number of hydrogen-bond donors (Lipinski definition) is 1. The molecule has 1 aliphatic carbocycles. The van der Waals surface area contributed by atoms with Crippen molar-refractivity contribution in [2.45, 2.75) is 36.4 Å². The van der Waals surface area contributed by atoms with Gasteiger partial charge in [-0.3, -0.25) is 4.79 Å². The molecule has 0 atom stereocenters. The number of thiophene rings is 1. The molecule has 132 valence electrons. The Morgan fingerprint density at radius 2 is 2.12 bits per heavy atom. The number of benzene rings is 1. The summed E-state index contributed by atoms with van der Waals surface area (Å²) in [5.74, 6) is 0.646. The molecule has 4 rings (SSSR count). The van der Waals surface area contributed by atoms with E-state index in [4.69, 9.17) is 0 Å². The second kappa shape index (κ2) is 7.78. The summed E-state index contributed by atoms with van der Waals surface area (Å²) in [5, 5.41) is 13.2. The fraction of sp³-hybridized carbons (Fsp3) is 0.316. The summed E-state index contributed by atoms with van der Waals surface area (Å²) < 4.78 is 2.16. The molecule has 0 saturated heterocycles. The van der Waals surface area contributed by atoms with E-state index in [9.17, 15) is 10.1 Å². The molecule has 2 aromatic heterocycles. The Balaban J connectivity index is 1.36. The molecule has 0 unspecified atom stereocenters. The van der Waals surface area contributed by atoms with Crippen LogP contribution in [0.25, 0.3) is 10.2 Å². The zero-order valence-corrected chi connectivity index (χ0v) is 16.5. The minimum Gasteiger partial charge on any atom is -0.317 e. The summed E-state index contributed by atoms with van der Waals surface area (Å²) >= 11 is 4.84. The van der Waals surface area contributed by atoms with Crippen molar-refractivity contribution >= 4 is 55.6 Å². The first-order chi connectivity index (χ1) is 12.7. The summed E-state index contributed by atoms with van der Waals surface area (Å²) in [7, 11) is 0. The second-order valence-electron chi connectivity index (χ2n) is 6.12. The number of nitrogens with zero attached hydrogens (tertiary/aromatic N) is 2. The number of thiazole rings is 1. The molecule has 0 radical (unpaired) electrons. The first-order valence-corrected chi connectivity index (χ1v) is 11.2. The molecule has 2 heterocycles. The maximum absolute atomic E-state index is 12.3. The van der Waals surface area contributed by atoms with Gasteiger partial charge in [0.2, 0.25) is 5.91 Å². The molecule has 26 heavy (non-hydrogen) atoms. The molecule has 0 saturated carbocycles. The Bertz CT molecular complexity index is 966. The van der Waals surface area contributed by atoms with Crippen LogP contribution in [-0.2, 0) is 17.6 Å². The van der Waals surface area contributed by atoms with E-state index >= 15 is 0 Å². The third-order valence-electron chi connectivity index (χ3n) is 4.36. The van der Waals surface area contributed by atoms with Gasteiger partial charge in [-0.15, -0.1) is 22.7 Å². The Labute approximate surface area is 164 Å². The number of hydrogen-bond acceptors (Lipinski definition) is 6. The van der Waals surface area contributed by atoms with Crippen LogP contribution >= 0.6 is 34.4 Å². The Morgan fingerprint density at radius 3 is 2.96 bits per heavy atom. The van der Waals surface area contributed by atoms with Crippen molar-refractivity contribution in [3.63, 3.8) is 0 Å². The summed E-state index contributed by atoms with van der Waals surface area (Å²) in [6.45, 7) is 0. The first-order valence-electron chi connectivity index (χ1n) is 8.57. The van der Waals surface area contributed by atoms with E-state index in [0.29, 0.717) is 17.7 Å². The van der Waals surface area contributed by atoms with Crippen LogP contribution in [0.3, 0.4) is 0 Å². The topological polar surface area (TPSA) is 65.8 Å². The maximum Gasteiger partial charge on any atom is 0.225 e. The summed E-state index contributed by atoms with van der Waals surface area (Å²) in [4.78, 5) is 18.2. The lowest BCUT2D eigenvalue weighted by Crippen LogP contribution is -2.12. The van der Waals surface area contributed by atoms with Gasteiger partial charge in [0.1, 0.15) is 11.1 Å². The molecule has 4 nitrogen and oxygen atoms in total. The molecule has 1 aromatic carbocycles. The number of aryl methyl sites for hydroxylation is 1. The average Bonchev–Trinajstić information content (AvgIpc) is 3.21. The van der Waals surface area contributed by atoms with Crippen molar-refractivity contribution in [2.24, 2.45) is 0 Å². The molecular weight excluding hydrogens is 382 g/mol. The highest BCUT2D eigenvalue weighted by molar-refractivity contribution is 8.01. The van der Waals surface area contributed by atoms with Crippen molar-refractivity contribution in [3.8, 4) is 6.07 Å². The standard InChI is InChI=1S/C19H17N3OS3/c20-11-13-12-5-1-3-7-15(12)25-18(13)22-17(23)9-10-24-19-21-14-6-2-4-8-16(14)26-19/h2,4,6,8H,1,3,5,7,9-10H2,(H,22,23). The van der Waals surface area contributed by atoms with E-state index in [1.54, 1.807) is 34.4 Å². The Kier molecular flexibility index (Phi) is 5.25. The van der Waals surface area contributed by atoms with Gasteiger partial charge in [-0.05, 0) is 43.4 Å². The fourth-order valence-corrected chi connectivity index (χ4v) is 6.44. The SMILES string of the molecule is N#Cc1c(NC(=O)CCSc2nc3ccccc3s2)sc2c1CCCC2. The van der Waals surface area contributed by atoms with Crippen molar-refractivity contribution in [1.82, 2.24) is 4.98 Å². The lowest BCUT2D eigenvalue weighted by Gasteiger charge is -2.09. The van der Waals surface area contributed by atoms with Gasteiger partial charge in [-0.2, -0.15) is 5.26 Å². The largest absolute Gasteiger partial charge is 0.317 e. The van der Waals surface area contributed by atoms with Crippen LogP contribution in [0.1, 0.15) is 35.3 Å². The zero-order valence-electron chi connectivity index (χ0n) is 14.1. The number of fused-ring (bicyclic) bond motifs is 2. The number of para-hydroxylation sites is 1. The molecule has 0 fully saturated rings. The van der Waals surface area contributed by atoms with Gasteiger partial charge >= 0.3 is 0 Å². The van der Waals surface area contributed by atoms with E-state index in [1.807, 2.05) is 18.2 Å². The quantitative estimate of drug-likeness (QED) is 0.597. The lowest BCUT2D eigenvalue weighted by molar-refractivity contribution is -0.115. The van der Waals surface area contributed by atoms with E-state index in [0.717, 1.165) is 39.7 Å². The normalized spacial score (nSPS) is 13.3. The minimum absolute atomic E-state index is 0.0336. The van der Waals surface area contributed by atoms with Crippen LogP contribution in [0.5, 0.6) is 0 Å². The number of thioether (sulfide) groups is 1. The zero-order chi connectivity index (χ0) is 17.9. The highest BCUT2D eigenvalue weighted by Gasteiger charge is 2.21. The number of carbonyl (C=O) groups excluding carboxylic acids is 1. The number of rotatable bonds is 5. The minimum atomic E-state index is -0.0336. The second-order valence-corrected chi connectivity index (χ2v) is 9.60. The highest BCUT2D eigenvalue weighted by Crippen LogP contribution is 2.37. The average molecular weight is 400 g/mol. The lowest BCUT2D eigenvalue weighted by atomic mass is 9.96. The third-order valence-corrected chi connectivity index (χ3v) is 7.75. The van der Waals surface area contributed by atoms with Crippen molar-refractivity contribution < 1.29 is 4.79 Å². The van der Waals surface area contributed by atoms with Crippen molar-refractivity contribution in [3.05, 3.63) is 40.3 Å². The van der Waals surface area contributed by atoms with Crippen LogP contribution in [0.4, 0.5) is 5.00 Å². The molecule has 1 amide bonds. The van der Waals surface area contributed by atoms with Gasteiger partial charge in [0.15, 0.2) is 4.34 Å². The molecule has 1 aliphatic rings. The van der Waals surface area contributed by atoms with Crippen molar-refractivity contribution in [2.75, 3.05) is 11.1 Å². The number of nitriles is 1. The van der Waals surface area contributed by atoms with Gasteiger partial charge in [0.25, 0.3) is 0 Å². The number of nitrogens with one attached hydrogen (secondary N) is 1. The number of aromatic nitrogens is 1. The van der Waals surface area contributed by atoms with Crippen LogP contribution in [0.15, 0.2) is 28.6 Å². The van der Waals surface area contributed by atoms with Gasteiger partial charge in [-0.25, -0.2) is 4.98 Å². The fourth-order valence-electron chi connectivity index (χ4n) is 3.11. The van der Waals surface area contributed by atoms with Crippen LogP contribution in [-0.4, -0.2) is 16.6 Å². The van der Waals surface area contributed by atoms with E-state index in [-0.39, 0.29) is 5.91 Å². The van der Waals surface area contributed by atoms with Gasteiger partial charge in [-0.1, -0.05) is 23.9 Å². The highest BCUT2D eigenvalue weighted by atomic mass is 32.2. The summed E-state index contributed by atoms with van der Waals surface area (Å²) in [5.41, 5.74) is 2.84. The van der Waals surface area contributed by atoms with Crippen LogP contribution < -0.4 is 5.32 Å². The maximum atomic E-state index is 12.3. The Morgan fingerprint density at radius 1 is 1.27 bits per heavy atom. The molecule has 0 bridgehead atoms. The number of amides is 1. The van der Waals surface area contributed by atoms with Crippen LogP contribution in [0, 0.1) is 11.3 Å². The Hall–Kier alpha value is -1.88. The third kappa shape index (κ3) is 3.63. The monoisotopic (exact) mass is 399 g/mol. The first kappa shape index (κ1) is 17.5. The molecule has 7 heteroatoms. The number of carbonyl (C=O) groups is 1. The van der Waals surface area contributed by atoms with Gasteiger partial charge in [0, 0.05) is 17.1 Å². The predicted molar refractivity (Wildman–Crippen MR) is 109 cm³/mol. The molecule has 1 N–H and O–H groups in total. The number of anilines is 1. The summed E-state index contributed by atoms with van der Waals surface area (Å²) in [6.07, 6.45) is 4.69. The van der Waals surface area contributed by atoms with Gasteiger partial charge in [0.05, 0.1) is 15.8 Å². The smallest absolute Gasteiger partial charge is 0.225 e. The summed E-state index contributed by atoms with van der Waals surface area (Å²) in [6, 6.07) is 10.3. The molecular formula is C19H17N3OS3. The molecule has 0 spiro atoms. The van der Waals surface area contributed by atoms with E-state index in [1.165, 1.54) is 16.0 Å². The molecule has 0 aliphatic heterocycles. The molecule has 3 aromatic rings.